The van der Waals surface area contributed by atoms with Crippen molar-refractivity contribution >= 4 is 5.97 Å². The number of nitrogens with two attached hydrogens (primary N) is 1. The van der Waals surface area contributed by atoms with Gasteiger partial charge in [0.25, 0.3) is 0 Å². The molecule has 0 saturated carbocycles. The highest BCUT2D eigenvalue weighted by Crippen LogP contribution is 2.24. The molecule has 0 bridgehead atoms. The van der Waals surface area contributed by atoms with Crippen LogP contribution in [0.25, 0.3) is 0 Å². The van der Waals surface area contributed by atoms with Crippen LogP contribution >= 0.6 is 0 Å². The van der Waals surface area contributed by atoms with Gasteiger partial charge in [-0.05, 0) is 44.5 Å². The fourth-order valence-electron chi connectivity index (χ4n) is 1.52. The summed E-state index contributed by atoms with van der Waals surface area (Å²) in [6.45, 7) is 3.46. The van der Waals surface area contributed by atoms with Crippen LogP contribution in [0.3, 0.4) is 0 Å². The van der Waals surface area contributed by atoms with Crippen molar-refractivity contribution in [3.8, 4) is 5.75 Å². The van der Waals surface area contributed by atoms with E-state index in [2.05, 4.69) is 0 Å². The average molecular weight is 273 g/mol. The van der Waals surface area contributed by atoms with Gasteiger partial charge in [-0.2, -0.15) is 0 Å². The molecular weight excluding hydrogens is 256 g/mol. The molecule has 1 aromatic carbocycles. The Balaban J connectivity index is 2.86. The Morgan fingerprint density at radius 1 is 1.37 bits per heavy atom. The van der Waals surface area contributed by atoms with Gasteiger partial charge in [-0.25, -0.2) is 13.6 Å². The summed E-state index contributed by atoms with van der Waals surface area (Å²) in [6.07, 6.45) is -0.717. The van der Waals surface area contributed by atoms with Crippen molar-refractivity contribution in [3.05, 3.63) is 29.3 Å². The molecule has 0 aliphatic carbocycles. The fourth-order valence-corrected chi connectivity index (χ4v) is 1.52. The van der Waals surface area contributed by atoms with Crippen LogP contribution in [0.4, 0.5) is 8.78 Å². The Morgan fingerprint density at radius 3 is 2.42 bits per heavy atom. The summed E-state index contributed by atoms with van der Waals surface area (Å²) in [7, 11) is 0. The summed E-state index contributed by atoms with van der Waals surface area (Å²) in [5.41, 5.74) is 5.75. The van der Waals surface area contributed by atoms with Crippen LogP contribution < -0.4 is 10.5 Å². The lowest BCUT2D eigenvalue weighted by molar-refractivity contribution is -0.150. The van der Waals surface area contributed by atoms with Crippen molar-refractivity contribution in [2.24, 2.45) is 5.73 Å². The van der Waals surface area contributed by atoms with E-state index in [9.17, 15) is 13.6 Å². The van der Waals surface area contributed by atoms with Gasteiger partial charge in [0.2, 0.25) is 0 Å². The zero-order valence-corrected chi connectivity index (χ0v) is 10.9. The first kappa shape index (κ1) is 15.4. The summed E-state index contributed by atoms with van der Waals surface area (Å²) in [5, 5.41) is 0. The van der Waals surface area contributed by atoms with E-state index in [1.54, 1.807) is 6.92 Å². The first-order valence-electron chi connectivity index (χ1n) is 6.00. The van der Waals surface area contributed by atoms with E-state index in [0.717, 1.165) is 12.1 Å². The van der Waals surface area contributed by atoms with Gasteiger partial charge >= 0.3 is 5.97 Å². The highest BCUT2D eigenvalue weighted by molar-refractivity contribution is 5.74. The molecule has 0 aliphatic rings. The quantitative estimate of drug-likeness (QED) is 0.803. The van der Waals surface area contributed by atoms with E-state index in [1.165, 1.54) is 6.92 Å². The first-order valence-corrected chi connectivity index (χ1v) is 6.00. The maximum atomic E-state index is 13.7. The third-order valence-electron chi connectivity index (χ3n) is 2.40. The number of rotatable bonds is 6. The Kier molecular flexibility index (Phi) is 5.69. The maximum Gasteiger partial charge on any atom is 0.347 e. The molecule has 1 unspecified atom stereocenters. The summed E-state index contributed by atoms with van der Waals surface area (Å²) < 4.78 is 37.0. The minimum Gasteiger partial charge on any atom is -0.473 e. The minimum atomic E-state index is -1.08. The van der Waals surface area contributed by atoms with Crippen molar-refractivity contribution in [2.75, 3.05) is 13.2 Å². The molecule has 0 aromatic heterocycles. The van der Waals surface area contributed by atoms with Crippen molar-refractivity contribution in [1.82, 2.24) is 0 Å². The summed E-state index contributed by atoms with van der Waals surface area (Å²) >= 11 is 0. The highest BCUT2D eigenvalue weighted by Gasteiger charge is 2.21. The van der Waals surface area contributed by atoms with E-state index in [-0.39, 0.29) is 13.2 Å². The van der Waals surface area contributed by atoms with Crippen molar-refractivity contribution in [1.29, 1.82) is 0 Å². The molecule has 0 spiro atoms. The monoisotopic (exact) mass is 273 g/mol. The molecule has 0 aliphatic heterocycles. The Morgan fingerprint density at radius 2 is 1.95 bits per heavy atom. The van der Waals surface area contributed by atoms with Crippen LogP contribution in [-0.2, 0) is 16.0 Å². The van der Waals surface area contributed by atoms with Crippen molar-refractivity contribution < 1.29 is 23.0 Å². The molecule has 2 N–H and O–H groups in total. The molecule has 0 heterocycles. The molecule has 1 rings (SSSR count). The van der Waals surface area contributed by atoms with Gasteiger partial charge in [-0.3, -0.25) is 0 Å². The molecule has 0 saturated heterocycles. The smallest absolute Gasteiger partial charge is 0.347 e. The first-order chi connectivity index (χ1) is 8.99. The molecule has 1 atom stereocenters. The standard InChI is InChI=1S/C13H17F2NO3/c1-3-18-13(17)8(2)19-12-10(14)6-9(4-5-16)7-11(12)15/h6-8H,3-5,16H2,1-2H3. The number of carbonyl (C=O) groups excluding carboxylic acids is 1. The number of hydrogen-bond donors (Lipinski definition) is 1. The molecule has 19 heavy (non-hydrogen) atoms. The second-order valence-electron chi connectivity index (χ2n) is 3.94. The lowest BCUT2D eigenvalue weighted by atomic mass is 10.1. The Bertz CT molecular complexity index is 429. The number of ether oxygens (including phenoxy) is 2. The molecule has 1 aromatic rings. The predicted molar refractivity (Wildman–Crippen MR) is 65.8 cm³/mol. The van der Waals surface area contributed by atoms with Crippen molar-refractivity contribution in [3.63, 3.8) is 0 Å². The lowest BCUT2D eigenvalue weighted by Gasteiger charge is -2.15. The molecule has 4 nitrogen and oxygen atoms in total. The van der Waals surface area contributed by atoms with Gasteiger partial charge in [-0.15, -0.1) is 0 Å². The van der Waals surface area contributed by atoms with Crippen LogP contribution in [0.2, 0.25) is 0 Å². The molecular formula is C13H17F2NO3. The highest BCUT2D eigenvalue weighted by atomic mass is 19.1. The number of halogens is 2. The van der Waals surface area contributed by atoms with Gasteiger partial charge in [-0.1, -0.05) is 0 Å². The van der Waals surface area contributed by atoms with Crippen LogP contribution in [0, 0.1) is 11.6 Å². The van der Waals surface area contributed by atoms with E-state index in [1.807, 2.05) is 0 Å². The molecule has 0 amide bonds. The Hall–Kier alpha value is -1.69. The number of benzene rings is 1. The lowest BCUT2D eigenvalue weighted by Crippen LogP contribution is -2.26. The van der Waals surface area contributed by atoms with Gasteiger partial charge < -0.3 is 15.2 Å². The average Bonchev–Trinajstić information content (AvgIpc) is 2.34. The van der Waals surface area contributed by atoms with Gasteiger partial charge in [0.05, 0.1) is 6.61 Å². The van der Waals surface area contributed by atoms with Gasteiger partial charge in [0, 0.05) is 0 Å². The number of esters is 1. The zero-order chi connectivity index (χ0) is 14.4. The van der Waals surface area contributed by atoms with E-state index < -0.39 is 29.5 Å². The van der Waals surface area contributed by atoms with Crippen LogP contribution in [0.5, 0.6) is 5.75 Å². The zero-order valence-electron chi connectivity index (χ0n) is 10.9. The third kappa shape index (κ3) is 4.17. The van der Waals surface area contributed by atoms with Crippen LogP contribution in [-0.4, -0.2) is 25.2 Å². The van der Waals surface area contributed by atoms with Gasteiger partial charge in [0.15, 0.2) is 23.5 Å². The maximum absolute atomic E-state index is 13.7. The van der Waals surface area contributed by atoms with Gasteiger partial charge in [0.1, 0.15) is 0 Å². The summed E-state index contributed by atoms with van der Waals surface area (Å²) in [5.74, 6) is -2.98. The topological polar surface area (TPSA) is 61.5 Å². The normalized spacial score (nSPS) is 12.1. The largest absolute Gasteiger partial charge is 0.473 e. The molecule has 0 fully saturated rings. The Labute approximate surface area is 110 Å². The fraction of sp³-hybridized carbons (Fsp3) is 0.462. The predicted octanol–water partition coefficient (Wildman–Crippen LogP) is 1.80. The van der Waals surface area contributed by atoms with Crippen molar-refractivity contribution in [2.45, 2.75) is 26.4 Å². The van der Waals surface area contributed by atoms with E-state index in [0.29, 0.717) is 12.0 Å². The second-order valence-corrected chi connectivity index (χ2v) is 3.94. The SMILES string of the molecule is CCOC(=O)C(C)Oc1c(F)cc(CCN)cc1F. The van der Waals surface area contributed by atoms with Crippen LogP contribution in [0.15, 0.2) is 12.1 Å². The molecule has 106 valence electrons. The third-order valence-corrected chi connectivity index (χ3v) is 2.40. The second kappa shape index (κ2) is 7.04. The summed E-state index contributed by atoms with van der Waals surface area (Å²) in [6, 6.07) is 2.28. The van der Waals surface area contributed by atoms with E-state index >= 15 is 0 Å². The molecule has 0 radical (unpaired) electrons. The number of carbonyl (C=O) groups is 1. The van der Waals surface area contributed by atoms with Crippen LogP contribution in [0.1, 0.15) is 19.4 Å². The molecule has 6 heteroatoms. The number of hydrogen-bond acceptors (Lipinski definition) is 4. The van der Waals surface area contributed by atoms with E-state index in [4.69, 9.17) is 15.2 Å². The summed E-state index contributed by atoms with van der Waals surface area (Å²) in [4.78, 5) is 11.3. The minimum absolute atomic E-state index is 0.174.